The fourth-order valence-electron chi connectivity index (χ4n) is 6.21. The third kappa shape index (κ3) is 9.08. The number of nitrogens with one attached hydrogen (secondary N) is 3. The lowest BCUT2D eigenvalue weighted by molar-refractivity contribution is -0.0907. The Hall–Kier alpha value is -3.63. The van der Waals surface area contributed by atoms with E-state index in [0.29, 0.717) is 43.9 Å². The van der Waals surface area contributed by atoms with Crippen molar-refractivity contribution in [2.45, 2.75) is 69.0 Å². The largest absolute Gasteiger partial charge is 0.454 e. The zero-order valence-electron chi connectivity index (χ0n) is 27.6. The van der Waals surface area contributed by atoms with Crippen LogP contribution in [-0.4, -0.2) is 101 Å². The molecule has 3 amide bonds. The molecule has 4 N–H and O–H groups in total. The second-order valence-corrected chi connectivity index (χ2v) is 15.0. The molecule has 0 saturated carbocycles. The number of nitrogens with zero attached hydrogens (tertiary/aromatic N) is 1. The van der Waals surface area contributed by atoms with Gasteiger partial charge in [-0.15, -0.1) is 0 Å². The fraction of sp³-hybridized carbons (Fsp3) is 0.576. The second-order valence-electron chi connectivity index (χ2n) is 13.1. The van der Waals surface area contributed by atoms with Crippen molar-refractivity contribution in [1.82, 2.24) is 20.3 Å². The van der Waals surface area contributed by atoms with Crippen molar-refractivity contribution >= 4 is 22.1 Å². The number of aliphatic hydroxyl groups excluding tert-OH is 1. The highest BCUT2D eigenvalue weighted by molar-refractivity contribution is 7.89. The van der Waals surface area contributed by atoms with Crippen molar-refractivity contribution < 1.29 is 46.8 Å². The van der Waals surface area contributed by atoms with Gasteiger partial charge in [-0.05, 0) is 48.8 Å². The van der Waals surface area contributed by atoms with Crippen LogP contribution < -0.4 is 25.4 Å². The van der Waals surface area contributed by atoms with Crippen LogP contribution in [0.5, 0.6) is 11.5 Å². The number of rotatable bonds is 15. The Morgan fingerprint density at radius 3 is 2.65 bits per heavy atom. The summed E-state index contributed by atoms with van der Waals surface area (Å²) in [7, 11) is -2.64. The van der Waals surface area contributed by atoms with Crippen molar-refractivity contribution in [1.29, 1.82) is 0 Å². The van der Waals surface area contributed by atoms with E-state index in [4.69, 9.17) is 23.7 Å². The van der Waals surface area contributed by atoms with E-state index < -0.39 is 46.1 Å². The van der Waals surface area contributed by atoms with Gasteiger partial charge in [0.1, 0.15) is 6.10 Å². The Morgan fingerprint density at radius 1 is 1.10 bits per heavy atom. The summed E-state index contributed by atoms with van der Waals surface area (Å²) in [6.45, 7) is 4.73. The molecule has 3 heterocycles. The van der Waals surface area contributed by atoms with E-state index in [1.165, 1.54) is 23.5 Å². The lowest BCUT2D eigenvalue weighted by Gasteiger charge is -2.35. The van der Waals surface area contributed by atoms with Crippen LogP contribution in [0, 0.1) is 11.3 Å². The molecule has 48 heavy (non-hydrogen) atoms. The van der Waals surface area contributed by atoms with E-state index >= 15 is 0 Å². The number of carbonyl (C=O) groups excluding carboxylic acids is 2. The maximum Gasteiger partial charge on any atom is 0.407 e. The number of hydrogen-bond acceptors (Lipinski definition) is 10. The first-order valence-electron chi connectivity index (χ1n) is 16.2. The summed E-state index contributed by atoms with van der Waals surface area (Å²) in [5.74, 6) is 0.691. The maximum absolute atomic E-state index is 14.3. The molecule has 3 aliphatic rings. The number of alkyl carbamates (subject to hydrolysis) is 1. The molecule has 0 spiro atoms. The number of urea groups is 1. The Morgan fingerprint density at radius 2 is 1.88 bits per heavy atom. The van der Waals surface area contributed by atoms with Crippen molar-refractivity contribution in [3.63, 3.8) is 0 Å². The van der Waals surface area contributed by atoms with Gasteiger partial charge in [-0.3, -0.25) is 0 Å². The maximum atomic E-state index is 14.3. The smallest absolute Gasteiger partial charge is 0.407 e. The number of amides is 3. The van der Waals surface area contributed by atoms with Crippen molar-refractivity contribution in [3.8, 4) is 11.5 Å². The third-order valence-corrected chi connectivity index (χ3v) is 10.6. The normalized spacial score (nSPS) is 21.4. The van der Waals surface area contributed by atoms with Crippen LogP contribution in [0.3, 0.4) is 0 Å². The molecule has 15 heteroatoms. The van der Waals surface area contributed by atoms with Crippen LogP contribution in [0.25, 0.3) is 0 Å². The molecule has 2 aromatic rings. The van der Waals surface area contributed by atoms with Crippen molar-refractivity contribution in [2.24, 2.45) is 11.3 Å². The topological polar surface area (TPSA) is 174 Å². The van der Waals surface area contributed by atoms with E-state index in [9.17, 15) is 23.1 Å². The van der Waals surface area contributed by atoms with Crippen LogP contribution >= 0.6 is 0 Å². The molecule has 0 bridgehead atoms. The predicted molar refractivity (Wildman–Crippen MR) is 174 cm³/mol. The second kappa shape index (κ2) is 15.7. The summed E-state index contributed by atoms with van der Waals surface area (Å²) in [6.07, 6.45) is -0.834. The molecule has 3 aliphatic heterocycles. The van der Waals surface area contributed by atoms with Gasteiger partial charge in [0.05, 0.1) is 36.2 Å². The van der Waals surface area contributed by atoms with E-state index in [0.717, 1.165) is 5.56 Å². The summed E-state index contributed by atoms with van der Waals surface area (Å²) < 4.78 is 57.5. The number of fused-ring (bicyclic) bond motifs is 2. The van der Waals surface area contributed by atoms with Crippen LogP contribution in [0.15, 0.2) is 53.4 Å². The first-order chi connectivity index (χ1) is 22.9. The van der Waals surface area contributed by atoms with Crippen LogP contribution in [0.2, 0.25) is 0 Å². The minimum Gasteiger partial charge on any atom is -0.454 e. The van der Waals surface area contributed by atoms with Gasteiger partial charge in [-0.2, -0.15) is 4.31 Å². The number of ether oxygens (including phenoxy) is 5. The van der Waals surface area contributed by atoms with Crippen LogP contribution in [0.1, 0.15) is 38.7 Å². The Labute approximate surface area is 281 Å². The van der Waals surface area contributed by atoms with Gasteiger partial charge < -0.3 is 44.7 Å². The molecular formula is C33H46N4O10S. The zero-order chi connectivity index (χ0) is 34.3. The van der Waals surface area contributed by atoms with Crippen LogP contribution in [-0.2, 0) is 30.7 Å². The number of sulfonamides is 1. The minimum absolute atomic E-state index is 0.0112. The highest BCUT2D eigenvalue weighted by Gasteiger charge is 2.44. The number of carbonyl (C=O) groups is 2. The lowest BCUT2D eigenvalue weighted by Crippen LogP contribution is -2.52. The summed E-state index contributed by atoms with van der Waals surface area (Å²) in [6, 6.07) is 12.5. The van der Waals surface area contributed by atoms with Crippen LogP contribution in [0.4, 0.5) is 9.59 Å². The molecule has 5 rings (SSSR count). The molecule has 2 saturated heterocycles. The van der Waals surface area contributed by atoms with Gasteiger partial charge in [-0.25, -0.2) is 18.0 Å². The summed E-state index contributed by atoms with van der Waals surface area (Å²) >= 11 is 0. The first-order valence-corrected chi connectivity index (χ1v) is 17.7. The predicted octanol–water partition coefficient (Wildman–Crippen LogP) is 2.60. The lowest BCUT2D eigenvalue weighted by atomic mass is 9.87. The van der Waals surface area contributed by atoms with Crippen molar-refractivity contribution in [2.75, 3.05) is 46.7 Å². The third-order valence-electron chi connectivity index (χ3n) is 8.83. The molecule has 2 aromatic carbocycles. The minimum atomic E-state index is -4.18. The molecule has 0 aromatic heterocycles. The molecule has 14 nitrogen and oxygen atoms in total. The molecule has 0 aliphatic carbocycles. The summed E-state index contributed by atoms with van der Waals surface area (Å²) in [5, 5.41) is 19.8. The summed E-state index contributed by atoms with van der Waals surface area (Å²) in [5.41, 5.74) is 0.279. The average Bonchev–Trinajstić information content (AvgIpc) is 3.81. The van der Waals surface area contributed by atoms with E-state index in [-0.39, 0.29) is 49.8 Å². The standard InChI is InChI=1S/C33H46N4O10S/c1-33(2,13-7-14-35-31(39)34-3)20-37(48(41,42)23-10-11-27-28(17-23)46-21-45-27)18-26(38)25(16-22-8-5-4-6-9-22)36-32(40)47-29-19-44-30-24(29)12-15-43-30/h4-6,8-11,17,24-26,29-30,38H,7,12-16,18-21H2,1-3H3,(H,36,40)(H2,34,35,39)/t24-,25-,26+,29-,30+/m0/s1. The summed E-state index contributed by atoms with van der Waals surface area (Å²) in [4.78, 5) is 24.8. The molecular weight excluding hydrogens is 644 g/mol. The van der Waals surface area contributed by atoms with E-state index in [1.54, 1.807) is 6.07 Å². The molecule has 0 unspecified atom stereocenters. The number of hydrogen-bond donors (Lipinski definition) is 4. The highest BCUT2D eigenvalue weighted by Crippen LogP contribution is 2.36. The van der Waals surface area contributed by atoms with E-state index in [2.05, 4.69) is 16.0 Å². The molecule has 5 atom stereocenters. The zero-order valence-corrected chi connectivity index (χ0v) is 28.4. The number of benzene rings is 2. The molecule has 2 fully saturated rings. The fourth-order valence-corrected chi connectivity index (χ4v) is 7.87. The Balaban J connectivity index is 1.35. The molecule has 0 radical (unpaired) electrons. The van der Waals surface area contributed by atoms with Gasteiger partial charge in [0, 0.05) is 32.7 Å². The van der Waals surface area contributed by atoms with Gasteiger partial charge in [-0.1, -0.05) is 44.2 Å². The number of aliphatic hydroxyl groups is 1. The monoisotopic (exact) mass is 690 g/mol. The quantitative estimate of drug-likeness (QED) is 0.204. The van der Waals surface area contributed by atoms with Crippen molar-refractivity contribution in [3.05, 3.63) is 54.1 Å². The van der Waals surface area contributed by atoms with Gasteiger partial charge >= 0.3 is 12.1 Å². The average molecular weight is 691 g/mol. The molecule has 264 valence electrons. The highest BCUT2D eigenvalue weighted by atomic mass is 32.2. The van der Waals surface area contributed by atoms with Gasteiger partial charge in [0.2, 0.25) is 16.8 Å². The first kappa shape index (κ1) is 35.7. The SMILES string of the molecule is CNC(=O)NCCCC(C)(C)CN(C[C@@H](O)[C@H](Cc1ccccc1)NC(=O)O[C@H]1CO[C@H]2OCC[C@H]21)S(=O)(=O)c1ccc2c(c1)OCO2. The Kier molecular flexibility index (Phi) is 11.7. The van der Waals surface area contributed by atoms with Gasteiger partial charge in [0.25, 0.3) is 0 Å². The van der Waals surface area contributed by atoms with Gasteiger partial charge in [0.15, 0.2) is 17.8 Å². The Bertz CT molecular complexity index is 1510. The van der Waals surface area contributed by atoms with E-state index in [1.807, 2.05) is 44.2 Å².